The topological polar surface area (TPSA) is 151 Å². The number of imidazole rings is 2. The van der Waals surface area contributed by atoms with Crippen molar-refractivity contribution < 1.29 is 19.1 Å². The van der Waals surface area contributed by atoms with Crippen molar-refractivity contribution in [2.24, 2.45) is 5.92 Å². The van der Waals surface area contributed by atoms with E-state index in [-0.39, 0.29) is 5.97 Å². The summed E-state index contributed by atoms with van der Waals surface area (Å²) < 4.78 is 12.9. The summed E-state index contributed by atoms with van der Waals surface area (Å²) in [5.74, 6) is 1.17. The van der Waals surface area contributed by atoms with Crippen LogP contribution in [0.4, 0.5) is 11.6 Å². The van der Waals surface area contributed by atoms with E-state index < -0.39 is 5.97 Å². The number of aromatic nitrogens is 6. The normalized spacial score (nSPS) is 12.8. The first-order valence-corrected chi connectivity index (χ1v) is 11.0. The van der Waals surface area contributed by atoms with Crippen molar-refractivity contribution in [2.45, 2.75) is 26.7 Å². The van der Waals surface area contributed by atoms with Gasteiger partial charge in [-0.25, -0.2) is 19.6 Å². The monoisotopic (exact) mass is 466 g/mol. The molecule has 0 aromatic carbocycles. The number of carbonyl (C=O) groups excluding carboxylic acids is 2. The van der Waals surface area contributed by atoms with Crippen molar-refractivity contribution in [3.63, 3.8) is 0 Å². The molecule has 0 amide bonds. The molecule has 3 N–H and O–H groups in total. The molecule has 0 bridgehead atoms. The smallest absolute Gasteiger partial charge is 0.342 e. The van der Waals surface area contributed by atoms with Crippen LogP contribution in [0.25, 0.3) is 11.3 Å². The minimum atomic E-state index is -0.421. The largest absolute Gasteiger partial charge is 0.462 e. The predicted octanol–water partition coefficient (Wildman–Crippen LogP) is 2.22. The number of fused-ring (bicyclic) bond motifs is 2. The molecule has 1 fully saturated rings. The zero-order valence-electron chi connectivity index (χ0n) is 19.0. The summed E-state index contributed by atoms with van der Waals surface area (Å²) >= 11 is 0. The maximum absolute atomic E-state index is 11.8. The van der Waals surface area contributed by atoms with Gasteiger partial charge in [0.25, 0.3) is 0 Å². The lowest BCUT2D eigenvalue weighted by atomic mass is 10.3. The number of esters is 2. The lowest BCUT2D eigenvalue weighted by Crippen LogP contribution is -2.10. The number of anilines is 2. The molecule has 1 aliphatic carbocycles. The van der Waals surface area contributed by atoms with Crippen LogP contribution in [-0.4, -0.2) is 60.9 Å². The summed E-state index contributed by atoms with van der Waals surface area (Å²) in [7, 11) is 0. The molecule has 0 saturated heterocycles. The molecule has 178 valence electrons. The summed E-state index contributed by atoms with van der Waals surface area (Å²) in [6.45, 7) is 5.13. The molecular weight excluding hydrogens is 440 g/mol. The third kappa shape index (κ3) is 4.90. The maximum Gasteiger partial charge on any atom is 0.342 e. The Morgan fingerprint density at radius 2 is 1.53 bits per heavy atom. The summed E-state index contributed by atoms with van der Waals surface area (Å²) in [5.41, 5.74) is 7.35. The molecule has 0 atom stereocenters. The van der Waals surface area contributed by atoms with Gasteiger partial charge >= 0.3 is 11.9 Å². The van der Waals surface area contributed by atoms with Crippen LogP contribution >= 0.6 is 0 Å². The lowest BCUT2D eigenvalue weighted by Gasteiger charge is -2.05. The van der Waals surface area contributed by atoms with Gasteiger partial charge in [0.15, 0.2) is 11.3 Å². The number of nitrogen functional groups attached to an aromatic ring is 1. The van der Waals surface area contributed by atoms with Gasteiger partial charge in [-0.2, -0.15) is 19.2 Å². The van der Waals surface area contributed by atoms with Crippen molar-refractivity contribution in [1.82, 2.24) is 29.2 Å². The average molecular weight is 467 g/mol. The van der Waals surface area contributed by atoms with E-state index in [0.717, 1.165) is 18.3 Å². The van der Waals surface area contributed by atoms with Crippen LogP contribution in [0.5, 0.6) is 0 Å². The number of nitrogens with two attached hydrogens (primary N) is 1. The third-order valence-electron chi connectivity index (χ3n) is 5.09. The van der Waals surface area contributed by atoms with E-state index in [9.17, 15) is 9.59 Å². The molecule has 12 nitrogen and oxygen atoms in total. The van der Waals surface area contributed by atoms with E-state index in [1.165, 1.54) is 29.8 Å². The molecular formula is C22H26N8O4. The van der Waals surface area contributed by atoms with Crippen LogP contribution in [-0.2, 0) is 9.47 Å². The molecule has 0 spiro atoms. The SMILES string of the molecule is CCOC(=O)c1ccnn2c(N)cnc12.CCOC(=O)c1ccnn2c(NCC3CC3)cnc12. The van der Waals surface area contributed by atoms with E-state index in [4.69, 9.17) is 15.2 Å². The first-order chi connectivity index (χ1) is 16.5. The van der Waals surface area contributed by atoms with Gasteiger partial charge in [-0.15, -0.1) is 0 Å². The van der Waals surface area contributed by atoms with Crippen molar-refractivity contribution in [1.29, 1.82) is 0 Å². The zero-order chi connectivity index (χ0) is 24.1. The van der Waals surface area contributed by atoms with Crippen molar-refractivity contribution in [3.05, 3.63) is 48.0 Å². The maximum atomic E-state index is 11.8. The van der Waals surface area contributed by atoms with Crippen LogP contribution < -0.4 is 11.1 Å². The third-order valence-corrected chi connectivity index (χ3v) is 5.09. The minimum Gasteiger partial charge on any atom is -0.462 e. The number of nitrogens with one attached hydrogen (secondary N) is 1. The second-order valence-electron chi connectivity index (χ2n) is 7.55. The average Bonchev–Trinajstić information content (AvgIpc) is 3.47. The van der Waals surface area contributed by atoms with E-state index in [1.54, 1.807) is 42.9 Å². The van der Waals surface area contributed by atoms with Crippen LogP contribution in [0.1, 0.15) is 47.4 Å². The predicted molar refractivity (Wildman–Crippen MR) is 124 cm³/mol. The number of carbonyl (C=O) groups is 2. The van der Waals surface area contributed by atoms with Crippen molar-refractivity contribution >= 4 is 34.9 Å². The fourth-order valence-electron chi connectivity index (χ4n) is 3.24. The number of rotatable bonds is 7. The van der Waals surface area contributed by atoms with Gasteiger partial charge in [-0.1, -0.05) is 0 Å². The zero-order valence-corrected chi connectivity index (χ0v) is 19.0. The fraction of sp³-hybridized carbons (Fsp3) is 0.364. The second-order valence-corrected chi connectivity index (χ2v) is 7.55. The molecule has 12 heteroatoms. The Kier molecular flexibility index (Phi) is 6.85. The lowest BCUT2D eigenvalue weighted by molar-refractivity contribution is 0.0518. The van der Waals surface area contributed by atoms with Gasteiger partial charge in [0, 0.05) is 18.9 Å². The van der Waals surface area contributed by atoms with E-state index in [0.29, 0.717) is 41.5 Å². The summed E-state index contributed by atoms with van der Waals surface area (Å²) in [4.78, 5) is 31.6. The van der Waals surface area contributed by atoms with Crippen molar-refractivity contribution in [2.75, 3.05) is 30.8 Å². The number of hydrogen-bond donors (Lipinski definition) is 2. The highest BCUT2D eigenvalue weighted by Gasteiger charge is 2.22. The van der Waals surface area contributed by atoms with Gasteiger partial charge in [-0.3, -0.25) is 0 Å². The molecule has 34 heavy (non-hydrogen) atoms. The molecule has 4 aromatic rings. The number of hydrogen-bond acceptors (Lipinski definition) is 10. The molecule has 1 aliphatic rings. The summed E-state index contributed by atoms with van der Waals surface area (Å²) in [6.07, 6.45) is 8.79. The molecule has 4 aromatic heterocycles. The Morgan fingerprint density at radius 1 is 0.971 bits per heavy atom. The van der Waals surface area contributed by atoms with Crippen molar-refractivity contribution in [3.8, 4) is 0 Å². The Labute approximate surface area is 195 Å². The molecule has 0 unspecified atom stereocenters. The number of ether oxygens (including phenoxy) is 2. The van der Waals surface area contributed by atoms with E-state index >= 15 is 0 Å². The summed E-state index contributed by atoms with van der Waals surface area (Å²) in [6, 6.07) is 3.19. The quantitative estimate of drug-likeness (QED) is 0.388. The van der Waals surface area contributed by atoms with Crippen LogP contribution in [0.3, 0.4) is 0 Å². The molecule has 0 radical (unpaired) electrons. The van der Waals surface area contributed by atoms with Crippen LogP contribution in [0.15, 0.2) is 36.9 Å². The minimum absolute atomic E-state index is 0.323. The highest BCUT2D eigenvalue weighted by atomic mass is 16.5. The second kappa shape index (κ2) is 10.1. The Hall–Kier alpha value is -4.22. The van der Waals surface area contributed by atoms with Gasteiger partial charge < -0.3 is 20.5 Å². The van der Waals surface area contributed by atoms with Gasteiger partial charge in [0.05, 0.1) is 25.6 Å². The fourth-order valence-corrected chi connectivity index (χ4v) is 3.24. The van der Waals surface area contributed by atoms with Gasteiger partial charge in [-0.05, 0) is 44.7 Å². The van der Waals surface area contributed by atoms with Gasteiger partial charge in [0.2, 0.25) is 0 Å². The highest BCUT2D eigenvalue weighted by molar-refractivity contribution is 5.96. The first kappa shape index (κ1) is 23.0. The first-order valence-electron chi connectivity index (χ1n) is 11.0. The molecule has 1 saturated carbocycles. The molecule has 0 aliphatic heterocycles. The number of nitrogens with zero attached hydrogens (tertiary/aromatic N) is 6. The Bertz CT molecular complexity index is 1310. The van der Waals surface area contributed by atoms with E-state index in [1.807, 2.05) is 0 Å². The molecule has 4 heterocycles. The van der Waals surface area contributed by atoms with E-state index in [2.05, 4.69) is 25.5 Å². The molecule has 5 rings (SSSR count). The Balaban J connectivity index is 0.000000166. The van der Waals surface area contributed by atoms with Crippen LogP contribution in [0.2, 0.25) is 0 Å². The van der Waals surface area contributed by atoms with Gasteiger partial charge in [0.1, 0.15) is 22.8 Å². The summed E-state index contributed by atoms with van der Waals surface area (Å²) in [5, 5.41) is 11.5. The van der Waals surface area contributed by atoms with Crippen LogP contribution in [0, 0.1) is 5.92 Å². The standard InChI is InChI=1S/C13H16N4O2.C9H10N4O2/c1-2-19-13(18)10-5-6-16-17-11(8-15-12(10)17)14-7-9-3-4-9;1-2-15-9(14)6-3-4-12-13-7(10)5-11-8(6)13/h5-6,8-9,14H,2-4,7H2,1H3;3-5H,2,10H2,1H3. The highest BCUT2D eigenvalue weighted by Crippen LogP contribution is 2.29. The Morgan fingerprint density at radius 3 is 2.12 bits per heavy atom.